The molecule has 0 aliphatic heterocycles. The molecule has 1 N–H and O–H groups in total. The average molecular weight is 264 g/mol. The summed E-state index contributed by atoms with van der Waals surface area (Å²) in [4.78, 5) is 0. The van der Waals surface area contributed by atoms with Gasteiger partial charge in [-0.1, -0.05) is 26.7 Å². The Bertz CT molecular complexity index is 402. The van der Waals surface area contributed by atoms with Gasteiger partial charge in [-0.25, -0.2) is 0 Å². The van der Waals surface area contributed by atoms with Crippen molar-refractivity contribution in [3.63, 3.8) is 0 Å². The minimum absolute atomic E-state index is 0.269. The van der Waals surface area contributed by atoms with Crippen LogP contribution in [0.2, 0.25) is 0 Å². The van der Waals surface area contributed by atoms with E-state index < -0.39 is 0 Å². The number of nitrogens with zero attached hydrogens (tertiary/aromatic N) is 3. The van der Waals surface area contributed by atoms with Crippen LogP contribution in [-0.2, 0) is 12.0 Å². The molecule has 0 spiro atoms. The summed E-state index contributed by atoms with van der Waals surface area (Å²) in [5.41, 5.74) is 0.269. The van der Waals surface area contributed by atoms with E-state index in [0.717, 1.165) is 19.0 Å². The quantitative estimate of drug-likeness (QED) is 0.854. The van der Waals surface area contributed by atoms with Crippen molar-refractivity contribution in [1.29, 1.82) is 0 Å². The van der Waals surface area contributed by atoms with Crippen LogP contribution in [0.4, 0.5) is 5.95 Å². The van der Waals surface area contributed by atoms with E-state index in [9.17, 15) is 0 Å². The van der Waals surface area contributed by atoms with Crippen molar-refractivity contribution in [2.75, 3.05) is 11.9 Å². The van der Waals surface area contributed by atoms with Crippen LogP contribution in [0.25, 0.3) is 0 Å². The summed E-state index contributed by atoms with van der Waals surface area (Å²) < 4.78 is 2.29. The summed E-state index contributed by atoms with van der Waals surface area (Å²) in [5, 5.41) is 12.3. The second-order valence-electron chi connectivity index (χ2n) is 6.21. The fourth-order valence-corrected chi connectivity index (χ4v) is 3.64. The van der Waals surface area contributed by atoms with Gasteiger partial charge in [0.25, 0.3) is 0 Å². The van der Waals surface area contributed by atoms with Crippen LogP contribution in [0.1, 0.15) is 65.6 Å². The lowest BCUT2D eigenvalue weighted by Crippen LogP contribution is -2.29. The SMILES string of the molecule is CCNc1nnc(C2(CC(C)C)CCCC2)n1CC. The summed E-state index contributed by atoms with van der Waals surface area (Å²) in [7, 11) is 0. The molecule has 0 radical (unpaired) electrons. The Morgan fingerprint density at radius 1 is 1.21 bits per heavy atom. The van der Waals surface area contributed by atoms with Gasteiger partial charge >= 0.3 is 0 Å². The molecule has 108 valence electrons. The lowest BCUT2D eigenvalue weighted by molar-refractivity contribution is 0.317. The van der Waals surface area contributed by atoms with Gasteiger partial charge in [-0.15, -0.1) is 10.2 Å². The normalized spacial score (nSPS) is 18.2. The van der Waals surface area contributed by atoms with Crippen molar-refractivity contribution >= 4 is 5.95 Å². The second kappa shape index (κ2) is 5.93. The molecule has 1 fully saturated rings. The van der Waals surface area contributed by atoms with E-state index in [0.29, 0.717) is 5.92 Å². The van der Waals surface area contributed by atoms with Crippen molar-refractivity contribution in [1.82, 2.24) is 14.8 Å². The van der Waals surface area contributed by atoms with Crippen molar-refractivity contribution in [2.24, 2.45) is 5.92 Å². The number of anilines is 1. The molecule has 0 bridgehead atoms. The van der Waals surface area contributed by atoms with Gasteiger partial charge < -0.3 is 5.32 Å². The van der Waals surface area contributed by atoms with E-state index in [1.54, 1.807) is 0 Å². The molecule has 1 heterocycles. The standard InChI is InChI=1S/C15H28N4/c1-5-16-14-18-17-13(19(14)6-2)15(11-12(3)4)9-7-8-10-15/h12H,5-11H2,1-4H3,(H,16,18). The van der Waals surface area contributed by atoms with Crippen LogP contribution >= 0.6 is 0 Å². The third kappa shape index (κ3) is 2.77. The summed E-state index contributed by atoms with van der Waals surface area (Å²) in [5.74, 6) is 2.87. The first-order chi connectivity index (χ1) is 9.13. The molecule has 1 aromatic rings. The van der Waals surface area contributed by atoms with Crippen LogP contribution in [0, 0.1) is 5.92 Å². The minimum Gasteiger partial charge on any atom is -0.355 e. The van der Waals surface area contributed by atoms with Gasteiger partial charge in [0, 0.05) is 18.5 Å². The highest BCUT2D eigenvalue weighted by atomic mass is 15.4. The van der Waals surface area contributed by atoms with Crippen molar-refractivity contribution in [3.8, 4) is 0 Å². The van der Waals surface area contributed by atoms with E-state index in [1.807, 2.05) is 0 Å². The van der Waals surface area contributed by atoms with Crippen LogP contribution in [0.5, 0.6) is 0 Å². The number of nitrogens with one attached hydrogen (secondary N) is 1. The Kier molecular flexibility index (Phi) is 4.48. The third-order valence-electron chi connectivity index (χ3n) is 4.24. The molecular weight excluding hydrogens is 236 g/mol. The Balaban J connectivity index is 2.36. The summed E-state index contributed by atoms with van der Waals surface area (Å²) in [6, 6.07) is 0. The molecule has 0 saturated heterocycles. The molecule has 4 nitrogen and oxygen atoms in total. The molecule has 0 amide bonds. The average Bonchev–Trinajstić information content (AvgIpc) is 2.96. The van der Waals surface area contributed by atoms with Crippen molar-refractivity contribution in [2.45, 2.75) is 71.8 Å². The maximum absolute atomic E-state index is 4.56. The molecule has 2 rings (SSSR count). The predicted molar refractivity (Wildman–Crippen MR) is 79.5 cm³/mol. The maximum Gasteiger partial charge on any atom is 0.224 e. The van der Waals surface area contributed by atoms with Gasteiger partial charge in [0.15, 0.2) is 0 Å². The molecule has 1 aliphatic carbocycles. The first kappa shape index (κ1) is 14.4. The number of rotatable bonds is 6. The second-order valence-corrected chi connectivity index (χ2v) is 6.21. The first-order valence-electron chi connectivity index (χ1n) is 7.80. The smallest absolute Gasteiger partial charge is 0.224 e. The summed E-state index contributed by atoms with van der Waals surface area (Å²) in [6.07, 6.45) is 6.45. The number of hydrogen-bond acceptors (Lipinski definition) is 3. The van der Waals surface area contributed by atoms with Gasteiger partial charge in [0.2, 0.25) is 5.95 Å². The molecule has 1 aliphatic rings. The van der Waals surface area contributed by atoms with Gasteiger partial charge in [0.05, 0.1) is 0 Å². The molecular formula is C15H28N4. The van der Waals surface area contributed by atoms with Crippen LogP contribution in [0.15, 0.2) is 0 Å². The van der Waals surface area contributed by atoms with E-state index in [4.69, 9.17) is 0 Å². The third-order valence-corrected chi connectivity index (χ3v) is 4.24. The monoisotopic (exact) mass is 264 g/mol. The zero-order chi connectivity index (χ0) is 13.9. The maximum atomic E-state index is 4.56. The largest absolute Gasteiger partial charge is 0.355 e. The Labute approximate surface area is 117 Å². The van der Waals surface area contributed by atoms with Gasteiger partial charge in [-0.2, -0.15) is 0 Å². The van der Waals surface area contributed by atoms with E-state index >= 15 is 0 Å². The zero-order valence-electron chi connectivity index (χ0n) is 12.9. The van der Waals surface area contributed by atoms with Crippen LogP contribution in [-0.4, -0.2) is 21.3 Å². The fourth-order valence-electron chi connectivity index (χ4n) is 3.64. The molecule has 1 aromatic heterocycles. The topological polar surface area (TPSA) is 42.7 Å². The summed E-state index contributed by atoms with van der Waals surface area (Å²) >= 11 is 0. The molecule has 0 unspecified atom stereocenters. The lowest BCUT2D eigenvalue weighted by atomic mass is 9.77. The summed E-state index contributed by atoms with van der Waals surface area (Å²) in [6.45, 7) is 10.8. The molecule has 0 aromatic carbocycles. The van der Waals surface area contributed by atoms with E-state index in [1.165, 1.54) is 37.9 Å². The number of aromatic nitrogens is 3. The molecule has 1 saturated carbocycles. The fraction of sp³-hybridized carbons (Fsp3) is 0.867. The molecule has 19 heavy (non-hydrogen) atoms. The van der Waals surface area contributed by atoms with E-state index in [-0.39, 0.29) is 5.41 Å². The van der Waals surface area contributed by atoms with Gasteiger partial charge in [-0.3, -0.25) is 4.57 Å². The Hall–Kier alpha value is -1.06. The van der Waals surface area contributed by atoms with Crippen LogP contribution in [0.3, 0.4) is 0 Å². The minimum atomic E-state index is 0.269. The zero-order valence-corrected chi connectivity index (χ0v) is 12.9. The van der Waals surface area contributed by atoms with Gasteiger partial charge in [-0.05, 0) is 39.0 Å². The van der Waals surface area contributed by atoms with Crippen molar-refractivity contribution < 1.29 is 0 Å². The highest BCUT2D eigenvalue weighted by Crippen LogP contribution is 2.45. The Morgan fingerprint density at radius 3 is 2.42 bits per heavy atom. The lowest BCUT2D eigenvalue weighted by Gasteiger charge is -2.30. The molecule has 4 heteroatoms. The molecule has 0 atom stereocenters. The Morgan fingerprint density at radius 2 is 1.89 bits per heavy atom. The van der Waals surface area contributed by atoms with E-state index in [2.05, 4.69) is 47.8 Å². The highest BCUT2D eigenvalue weighted by Gasteiger charge is 2.40. The van der Waals surface area contributed by atoms with Crippen LogP contribution < -0.4 is 5.32 Å². The first-order valence-corrected chi connectivity index (χ1v) is 7.80. The highest BCUT2D eigenvalue weighted by molar-refractivity contribution is 5.29. The predicted octanol–water partition coefficient (Wildman–Crippen LogP) is 3.59. The van der Waals surface area contributed by atoms with Crippen molar-refractivity contribution in [3.05, 3.63) is 5.82 Å². The van der Waals surface area contributed by atoms with Gasteiger partial charge in [0.1, 0.15) is 5.82 Å². The number of hydrogen-bond donors (Lipinski definition) is 1.